The van der Waals surface area contributed by atoms with Crippen molar-refractivity contribution in [3.8, 4) is 23.7 Å². The molecule has 1 fully saturated rings. The first-order chi connectivity index (χ1) is 31.4. The molecule has 1 amide bonds. The molecule has 2 rings (SSSR count). The summed E-state index contributed by atoms with van der Waals surface area (Å²) in [6.07, 6.45) is 30.9. The Balaban J connectivity index is 1.87. The van der Waals surface area contributed by atoms with E-state index in [-0.39, 0.29) is 38.2 Å². The van der Waals surface area contributed by atoms with Crippen LogP contribution in [0.1, 0.15) is 192 Å². The van der Waals surface area contributed by atoms with Gasteiger partial charge in [0.1, 0.15) is 19.8 Å². The van der Waals surface area contributed by atoms with Crippen molar-refractivity contribution in [1.82, 2.24) is 10.2 Å². The molecule has 1 saturated heterocycles. The molecule has 10 heteroatoms. The Morgan fingerprint density at radius 3 is 1.69 bits per heavy atom. The number of ether oxygens (including phenoxy) is 5. The smallest absolute Gasteiger partial charge is 0.407 e. The lowest BCUT2D eigenvalue weighted by atomic mass is 10.1. The van der Waals surface area contributed by atoms with Crippen molar-refractivity contribution in [2.45, 2.75) is 201 Å². The fourth-order valence-electron chi connectivity index (χ4n) is 6.98. The van der Waals surface area contributed by atoms with E-state index in [0.29, 0.717) is 56.6 Å². The molecule has 0 atom stereocenters. The Kier molecular flexibility index (Phi) is 35.4. The average Bonchev–Trinajstić information content (AvgIpc) is 3.82. The van der Waals surface area contributed by atoms with Crippen LogP contribution in [0.25, 0.3) is 0 Å². The van der Waals surface area contributed by atoms with E-state index in [9.17, 15) is 14.4 Å². The van der Waals surface area contributed by atoms with Gasteiger partial charge < -0.3 is 33.9 Å². The van der Waals surface area contributed by atoms with Crippen LogP contribution < -0.4 is 5.32 Å². The number of alkyl carbamates (subject to hydrolysis) is 1. The van der Waals surface area contributed by atoms with E-state index in [1.165, 1.54) is 38.5 Å². The Bertz CT molecular complexity index is 1530. The summed E-state index contributed by atoms with van der Waals surface area (Å²) in [7, 11) is 0. The lowest BCUT2D eigenvalue weighted by Crippen LogP contribution is -2.33. The van der Waals surface area contributed by atoms with E-state index >= 15 is 0 Å². The Morgan fingerprint density at radius 2 is 1.11 bits per heavy atom. The molecule has 1 aromatic rings. The van der Waals surface area contributed by atoms with Gasteiger partial charge in [0.05, 0.1) is 19.6 Å². The number of likely N-dealkylation sites (tertiary alicyclic amines) is 1. The van der Waals surface area contributed by atoms with Crippen LogP contribution >= 0.6 is 0 Å². The van der Waals surface area contributed by atoms with Crippen molar-refractivity contribution in [2.24, 2.45) is 0 Å². The zero-order valence-corrected chi connectivity index (χ0v) is 40.2. The fraction of sp³-hybridized carbons (Fsp3) is 0.685. The van der Waals surface area contributed by atoms with Crippen LogP contribution in [0.15, 0.2) is 42.5 Å². The predicted molar refractivity (Wildman–Crippen MR) is 258 cm³/mol. The second kappa shape index (κ2) is 40.4. The summed E-state index contributed by atoms with van der Waals surface area (Å²) < 4.78 is 28.9. The van der Waals surface area contributed by atoms with E-state index in [2.05, 4.69) is 79.0 Å². The van der Waals surface area contributed by atoms with Gasteiger partial charge in [-0.05, 0) is 112 Å². The standard InChI is InChI=1S/C54H84N2O8/c1-4-7-10-13-16-17-18-19-20-21-22-23-24-25-28-33-51(57)62-45-48-42-49(44-50(43-48)47-64-54(59)55-36-39-56-37-29-30-38-56)46-63-52(58)34-35-53(60-40-31-26-14-11-8-5-2)61-41-32-27-15-12-9-6-3/h16-17,19-20,42-44,53H,4-13,18,21-25,28-41,45-47H2,1-3H3,(H,55,59)/b17-16-,20-19-. The van der Waals surface area contributed by atoms with Crippen molar-refractivity contribution in [3.05, 3.63) is 59.2 Å². The predicted octanol–water partition coefficient (Wildman–Crippen LogP) is 12.2. The van der Waals surface area contributed by atoms with Crippen LogP contribution in [-0.4, -0.2) is 68.6 Å². The molecule has 358 valence electrons. The Labute approximate surface area is 388 Å². The number of unbranched alkanes of at least 4 members (excludes halogenated alkanes) is 12. The van der Waals surface area contributed by atoms with Crippen molar-refractivity contribution in [1.29, 1.82) is 0 Å². The molecule has 0 saturated carbocycles. The maximum absolute atomic E-state index is 13.0. The summed E-state index contributed by atoms with van der Waals surface area (Å²) in [5.41, 5.74) is 2.14. The summed E-state index contributed by atoms with van der Waals surface area (Å²) in [4.78, 5) is 40.6. The maximum Gasteiger partial charge on any atom is 0.407 e. The summed E-state index contributed by atoms with van der Waals surface area (Å²) in [6, 6.07) is 5.56. The molecule has 1 aliphatic heterocycles. The van der Waals surface area contributed by atoms with E-state index in [4.69, 9.17) is 23.7 Å². The molecule has 1 heterocycles. The lowest BCUT2D eigenvalue weighted by molar-refractivity contribution is -0.158. The summed E-state index contributed by atoms with van der Waals surface area (Å²) >= 11 is 0. The van der Waals surface area contributed by atoms with Gasteiger partial charge in [-0.3, -0.25) is 9.59 Å². The summed E-state index contributed by atoms with van der Waals surface area (Å²) in [6.45, 7) is 10.9. The van der Waals surface area contributed by atoms with Gasteiger partial charge in [-0.1, -0.05) is 90.0 Å². The molecule has 1 aromatic carbocycles. The number of carbonyl (C=O) groups excluding carboxylic acids is 3. The third-order valence-electron chi connectivity index (χ3n) is 10.7. The Hall–Kier alpha value is -4.09. The molecule has 0 unspecified atom stereocenters. The number of hydrogen-bond donors (Lipinski definition) is 1. The van der Waals surface area contributed by atoms with Crippen molar-refractivity contribution in [2.75, 3.05) is 39.4 Å². The number of rotatable bonds is 36. The molecule has 0 radical (unpaired) electrons. The number of nitrogens with one attached hydrogen (secondary N) is 1. The van der Waals surface area contributed by atoms with Crippen LogP contribution in [0.5, 0.6) is 0 Å². The number of hydrogen-bond acceptors (Lipinski definition) is 9. The molecule has 0 aliphatic carbocycles. The number of benzene rings is 1. The zero-order valence-electron chi connectivity index (χ0n) is 40.2. The zero-order chi connectivity index (χ0) is 46.0. The minimum absolute atomic E-state index is 0.00863. The number of allylic oxidation sites excluding steroid dienone is 4. The molecule has 0 spiro atoms. The highest BCUT2D eigenvalue weighted by atomic mass is 16.7. The second-order valence-electron chi connectivity index (χ2n) is 16.6. The monoisotopic (exact) mass is 889 g/mol. The summed E-state index contributed by atoms with van der Waals surface area (Å²) in [5.74, 6) is 12.0. The van der Waals surface area contributed by atoms with Gasteiger partial charge in [-0.2, -0.15) is 0 Å². The topological polar surface area (TPSA) is 113 Å². The van der Waals surface area contributed by atoms with Gasteiger partial charge in [0, 0.05) is 51.6 Å². The maximum atomic E-state index is 13.0. The van der Waals surface area contributed by atoms with Crippen LogP contribution in [0.4, 0.5) is 4.79 Å². The minimum Gasteiger partial charge on any atom is -0.461 e. The van der Waals surface area contributed by atoms with Crippen LogP contribution in [0.2, 0.25) is 0 Å². The Morgan fingerprint density at radius 1 is 0.609 bits per heavy atom. The lowest BCUT2D eigenvalue weighted by Gasteiger charge is -2.17. The normalized spacial score (nSPS) is 12.6. The SMILES string of the molecule is CCCCC#CCCOC(CCC(=O)OCc1cc(COC(=O)CCCCCCC/C=C\C/C=C\CCCCC)cc(COC(=O)NCCN2CCCC2)c1)OCCC#CCCCC. The van der Waals surface area contributed by atoms with E-state index in [1.54, 1.807) is 0 Å². The molecular formula is C54H84N2O8. The highest BCUT2D eigenvalue weighted by Crippen LogP contribution is 2.17. The van der Waals surface area contributed by atoms with Crippen LogP contribution in [0, 0.1) is 23.7 Å². The first-order valence-corrected chi connectivity index (χ1v) is 24.9. The third kappa shape index (κ3) is 32.5. The van der Waals surface area contributed by atoms with Crippen molar-refractivity contribution < 1.29 is 38.1 Å². The van der Waals surface area contributed by atoms with Gasteiger partial charge >= 0.3 is 18.0 Å². The minimum atomic E-state index is -0.574. The summed E-state index contributed by atoms with van der Waals surface area (Å²) in [5, 5.41) is 2.84. The molecule has 10 nitrogen and oxygen atoms in total. The first-order valence-electron chi connectivity index (χ1n) is 24.9. The van der Waals surface area contributed by atoms with E-state index in [1.807, 2.05) is 18.2 Å². The second-order valence-corrected chi connectivity index (χ2v) is 16.6. The third-order valence-corrected chi connectivity index (χ3v) is 10.7. The fourth-order valence-corrected chi connectivity index (χ4v) is 6.98. The van der Waals surface area contributed by atoms with Gasteiger partial charge in [-0.25, -0.2) is 4.79 Å². The molecular weight excluding hydrogens is 805 g/mol. The van der Waals surface area contributed by atoms with Gasteiger partial charge in [0.25, 0.3) is 0 Å². The molecule has 1 aliphatic rings. The number of esters is 2. The largest absolute Gasteiger partial charge is 0.461 e. The number of carbonyl (C=O) groups is 3. The molecule has 0 bridgehead atoms. The van der Waals surface area contributed by atoms with E-state index in [0.717, 1.165) is 109 Å². The molecule has 0 aromatic heterocycles. The first kappa shape index (κ1) is 56.0. The number of nitrogens with zero attached hydrogens (tertiary/aromatic N) is 1. The van der Waals surface area contributed by atoms with Crippen LogP contribution in [0.3, 0.4) is 0 Å². The highest BCUT2D eigenvalue weighted by Gasteiger charge is 2.15. The molecule has 1 N–H and O–H groups in total. The quantitative estimate of drug-likeness (QED) is 0.0176. The van der Waals surface area contributed by atoms with Gasteiger partial charge in [0.2, 0.25) is 0 Å². The van der Waals surface area contributed by atoms with Crippen molar-refractivity contribution in [3.63, 3.8) is 0 Å². The highest BCUT2D eigenvalue weighted by molar-refractivity contribution is 5.70. The van der Waals surface area contributed by atoms with Gasteiger partial charge in [-0.15, -0.1) is 23.7 Å². The average molecular weight is 889 g/mol. The van der Waals surface area contributed by atoms with Crippen molar-refractivity contribution >= 4 is 18.0 Å². The molecule has 64 heavy (non-hydrogen) atoms. The van der Waals surface area contributed by atoms with Gasteiger partial charge in [0.15, 0.2) is 6.29 Å². The van der Waals surface area contributed by atoms with Crippen LogP contribution in [-0.2, 0) is 53.1 Å². The van der Waals surface area contributed by atoms with E-state index < -0.39 is 12.4 Å². The number of amides is 1.